The molecule has 1 aliphatic rings. The van der Waals surface area contributed by atoms with Gasteiger partial charge in [0.2, 0.25) is 5.91 Å². The van der Waals surface area contributed by atoms with Gasteiger partial charge in [0.25, 0.3) is 0 Å². The predicted molar refractivity (Wildman–Crippen MR) is 80.4 cm³/mol. The minimum absolute atomic E-state index is 0.00724. The van der Waals surface area contributed by atoms with Gasteiger partial charge >= 0.3 is 0 Å². The number of carbonyl (C=O) groups excluding carboxylic acids is 1. The van der Waals surface area contributed by atoms with Crippen LogP contribution in [0, 0.1) is 5.92 Å². The Labute approximate surface area is 119 Å². The smallest absolute Gasteiger partial charge is 0.225 e. The Morgan fingerprint density at radius 3 is 2.70 bits per heavy atom. The normalized spacial score (nSPS) is 17.1. The molecule has 0 atom stereocenters. The molecule has 5 nitrogen and oxygen atoms in total. The second kappa shape index (κ2) is 7.26. The molecule has 110 valence electrons. The number of anilines is 2. The van der Waals surface area contributed by atoms with Crippen molar-refractivity contribution in [1.29, 1.82) is 0 Å². The summed E-state index contributed by atoms with van der Waals surface area (Å²) in [6.45, 7) is 2.97. The molecule has 1 heterocycles. The van der Waals surface area contributed by atoms with Crippen molar-refractivity contribution in [3.63, 3.8) is 0 Å². The molecular weight excluding hydrogens is 254 g/mol. The molecular formula is C15H23N3O2. The number of aliphatic hydroxyl groups excluding tert-OH is 1. The topological polar surface area (TPSA) is 78.6 Å². The number of rotatable bonds is 5. The molecule has 1 aromatic rings. The largest absolute Gasteiger partial charge is 0.397 e. The van der Waals surface area contributed by atoms with E-state index in [1.165, 1.54) is 0 Å². The quantitative estimate of drug-likeness (QED) is 0.709. The number of hydrogen-bond acceptors (Lipinski definition) is 4. The highest BCUT2D eigenvalue weighted by molar-refractivity contribution is 5.93. The van der Waals surface area contributed by atoms with E-state index in [0.717, 1.165) is 32.5 Å². The monoisotopic (exact) mass is 277 g/mol. The van der Waals surface area contributed by atoms with Crippen LogP contribution in [0.5, 0.6) is 0 Å². The van der Waals surface area contributed by atoms with Gasteiger partial charge in [-0.25, -0.2) is 0 Å². The maximum Gasteiger partial charge on any atom is 0.225 e. The molecule has 1 fully saturated rings. The Kier molecular flexibility index (Phi) is 5.38. The first-order valence-corrected chi connectivity index (χ1v) is 7.16. The van der Waals surface area contributed by atoms with E-state index in [4.69, 9.17) is 10.8 Å². The fourth-order valence-electron chi connectivity index (χ4n) is 2.48. The van der Waals surface area contributed by atoms with Crippen LogP contribution >= 0.6 is 0 Å². The van der Waals surface area contributed by atoms with Gasteiger partial charge in [-0.2, -0.15) is 0 Å². The molecule has 0 saturated carbocycles. The molecule has 0 unspecified atom stereocenters. The number of para-hydroxylation sites is 2. The van der Waals surface area contributed by atoms with Crippen molar-refractivity contribution < 1.29 is 9.90 Å². The standard InChI is InChI=1S/C15H23N3O2/c16-13-3-1-2-4-14(13)17-15(20)7-10-18-8-5-12(11-19)6-9-18/h1-4,12,19H,5-11,16H2,(H,17,20). The molecule has 0 spiro atoms. The number of benzene rings is 1. The fraction of sp³-hybridized carbons (Fsp3) is 0.533. The lowest BCUT2D eigenvalue weighted by atomic mass is 9.98. The van der Waals surface area contributed by atoms with Gasteiger partial charge < -0.3 is 21.1 Å². The Hall–Kier alpha value is -1.59. The molecule has 0 radical (unpaired) electrons. The highest BCUT2D eigenvalue weighted by atomic mass is 16.3. The van der Waals surface area contributed by atoms with Crippen molar-refractivity contribution in [3.8, 4) is 0 Å². The van der Waals surface area contributed by atoms with E-state index >= 15 is 0 Å². The van der Waals surface area contributed by atoms with Gasteiger partial charge in [-0.05, 0) is 44.0 Å². The third kappa shape index (κ3) is 4.21. The molecule has 1 saturated heterocycles. The van der Waals surface area contributed by atoms with Crippen LogP contribution in [0.15, 0.2) is 24.3 Å². The Balaban J connectivity index is 1.72. The zero-order valence-electron chi connectivity index (χ0n) is 11.7. The lowest BCUT2D eigenvalue weighted by molar-refractivity contribution is -0.116. The summed E-state index contributed by atoms with van der Waals surface area (Å²) in [5, 5.41) is 11.9. The van der Waals surface area contributed by atoms with Crippen molar-refractivity contribution in [3.05, 3.63) is 24.3 Å². The van der Waals surface area contributed by atoms with Crippen LogP contribution in [0.3, 0.4) is 0 Å². The van der Waals surface area contributed by atoms with Crippen LogP contribution in [-0.2, 0) is 4.79 Å². The van der Waals surface area contributed by atoms with Gasteiger partial charge in [0.15, 0.2) is 0 Å². The van der Waals surface area contributed by atoms with E-state index < -0.39 is 0 Å². The van der Waals surface area contributed by atoms with Gasteiger partial charge in [-0.3, -0.25) is 4.79 Å². The van der Waals surface area contributed by atoms with E-state index in [1.807, 2.05) is 12.1 Å². The van der Waals surface area contributed by atoms with Gasteiger partial charge in [0, 0.05) is 19.6 Å². The van der Waals surface area contributed by atoms with Crippen molar-refractivity contribution in [2.75, 3.05) is 37.3 Å². The third-order valence-electron chi connectivity index (χ3n) is 3.86. The van der Waals surface area contributed by atoms with Gasteiger partial charge in [-0.1, -0.05) is 12.1 Å². The lowest BCUT2D eigenvalue weighted by Crippen LogP contribution is -2.36. The second-order valence-electron chi connectivity index (χ2n) is 5.35. The number of nitrogens with two attached hydrogens (primary N) is 1. The van der Waals surface area contributed by atoms with Gasteiger partial charge in [0.1, 0.15) is 0 Å². The number of amides is 1. The number of hydrogen-bond donors (Lipinski definition) is 3. The van der Waals surface area contributed by atoms with E-state index in [9.17, 15) is 4.79 Å². The average Bonchev–Trinajstić information content (AvgIpc) is 2.48. The summed E-state index contributed by atoms with van der Waals surface area (Å²) < 4.78 is 0. The highest BCUT2D eigenvalue weighted by Crippen LogP contribution is 2.18. The van der Waals surface area contributed by atoms with E-state index in [2.05, 4.69) is 10.2 Å². The SMILES string of the molecule is Nc1ccccc1NC(=O)CCN1CCC(CO)CC1. The molecule has 1 amide bonds. The van der Waals surface area contributed by atoms with Crippen molar-refractivity contribution in [1.82, 2.24) is 4.90 Å². The van der Waals surface area contributed by atoms with Crippen LogP contribution in [0.2, 0.25) is 0 Å². The number of likely N-dealkylation sites (tertiary alicyclic amines) is 1. The molecule has 1 aromatic carbocycles. The Morgan fingerprint density at radius 2 is 2.05 bits per heavy atom. The first-order chi connectivity index (χ1) is 9.69. The summed E-state index contributed by atoms with van der Waals surface area (Å²) in [7, 11) is 0. The highest BCUT2D eigenvalue weighted by Gasteiger charge is 2.18. The lowest BCUT2D eigenvalue weighted by Gasteiger charge is -2.30. The fourth-order valence-corrected chi connectivity index (χ4v) is 2.48. The number of aliphatic hydroxyl groups is 1. The van der Waals surface area contributed by atoms with Crippen LogP contribution in [0.4, 0.5) is 11.4 Å². The average molecular weight is 277 g/mol. The van der Waals surface area contributed by atoms with Crippen molar-refractivity contribution in [2.24, 2.45) is 5.92 Å². The number of nitrogen functional groups attached to an aromatic ring is 1. The molecule has 0 aromatic heterocycles. The van der Waals surface area contributed by atoms with E-state index in [0.29, 0.717) is 23.7 Å². The number of piperidine rings is 1. The van der Waals surface area contributed by atoms with Gasteiger partial charge in [0.05, 0.1) is 11.4 Å². The van der Waals surface area contributed by atoms with Crippen LogP contribution in [0.1, 0.15) is 19.3 Å². The number of nitrogens with zero attached hydrogens (tertiary/aromatic N) is 1. The molecule has 20 heavy (non-hydrogen) atoms. The third-order valence-corrected chi connectivity index (χ3v) is 3.86. The van der Waals surface area contributed by atoms with E-state index in [-0.39, 0.29) is 12.5 Å². The summed E-state index contributed by atoms with van der Waals surface area (Å²) in [5.41, 5.74) is 7.05. The summed E-state index contributed by atoms with van der Waals surface area (Å²) in [6, 6.07) is 7.27. The first-order valence-electron chi connectivity index (χ1n) is 7.16. The Bertz CT molecular complexity index is 442. The Morgan fingerprint density at radius 1 is 1.35 bits per heavy atom. The first kappa shape index (κ1) is 14.8. The molecule has 1 aliphatic heterocycles. The summed E-state index contributed by atoms with van der Waals surface area (Å²) in [4.78, 5) is 14.2. The molecule has 0 aliphatic carbocycles. The summed E-state index contributed by atoms with van der Waals surface area (Å²) in [6.07, 6.45) is 2.51. The van der Waals surface area contributed by atoms with Crippen LogP contribution < -0.4 is 11.1 Å². The molecule has 0 bridgehead atoms. The molecule has 2 rings (SSSR count). The predicted octanol–water partition coefficient (Wildman–Crippen LogP) is 1.30. The van der Waals surface area contributed by atoms with Gasteiger partial charge in [-0.15, -0.1) is 0 Å². The maximum atomic E-state index is 11.9. The zero-order valence-corrected chi connectivity index (χ0v) is 11.7. The minimum atomic E-state index is -0.00724. The zero-order chi connectivity index (χ0) is 14.4. The maximum absolute atomic E-state index is 11.9. The minimum Gasteiger partial charge on any atom is -0.397 e. The molecule has 5 heteroatoms. The summed E-state index contributed by atoms with van der Waals surface area (Å²) in [5.74, 6) is 0.427. The molecule has 4 N–H and O–H groups in total. The second-order valence-corrected chi connectivity index (χ2v) is 5.35. The van der Waals surface area contributed by atoms with Crippen LogP contribution in [-0.4, -0.2) is 42.2 Å². The van der Waals surface area contributed by atoms with Crippen molar-refractivity contribution >= 4 is 17.3 Å². The van der Waals surface area contributed by atoms with E-state index in [1.54, 1.807) is 12.1 Å². The number of carbonyl (C=O) groups is 1. The van der Waals surface area contributed by atoms with Crippen molar-refractivity contribution in [2.45, 2.75) is 19.3 Å². The summed E-state index contributed by atoms with van der Waals surface area (Å²) >= 11 is 0. The van der Waals surface area contributed by atoms with Crippen LogP contribution in [0.25, 0.3) is 0 Å². The number of nitrogens with one attached hydrogen (secondary N) is 1.